The van der Waals surface area contributed by atoms with Crippen molar-refractivity contribution in [1.82, 2.24) is 4.90 Å². The number of imide groups is 1. The summed E-state index contributed by atoms with van der Waals surface area (Å²) >= 11 is 0. The number of carbonyl (C=O) groups excluding carboxylic acids is 2. The number of aliphatic carboxylic acids is 1. The Morgan fingerprint density at radius 2 is 1.92 bits per heavy atom. The van der Waals surface area contributed by atoms with Gasteiger partial charge in [0, 0.05) is 19.4 Å². The number of fused-ring (bicyclic) bond motifs is 1. The number of likely N-dealkylation sites (tertiary alicyclic amines) is 1. The summed E-state index contributed by atoms with van der Waals surface area (Å²) in [6, 6.07) is 7.03. The number of carboxylic acids is 1. The zero-order chi connectivity index (χ0) is 17.3. The maximum atomic E-state index is 12.0. The number of amides is 2. The van der Waals surface area contributed by atoms with Crippen molar-refractivity contribution in [1.29, 1.82) is 0 Å². The Kier molecular flexibility index (Phi) is 4.42. The summed E-state index contributed by atoms with van der Waals surface area (Å²) in [6.45, 7) is 2.73. The molecule has 2 aliphatic heterocycles. The van der Waals surface area contributed by atoms with E-state index in [0.29, 0.717) is 12.3 Å². The monoisotopic (exact) mass is 332 g/mol. The molecule has 2 atom stereocenters. The number of carbonyl (C=O) groups is 3. The zero-order valence-electron chi connectivity index (χ0n) is 13.5. The molecule has 1 saturated heterocycles. The van der Waals surface area contributed by atoms with Gasteiger partial charge >= 0.3 is 5.97 Å². The van der Waals surface area contributed by atoms with Gasteiger partial charge in [0.15, 0.2) is 0 Å². The minimum atomic E-state index is -0.973. The minimum Gasteiger partial charge on any atom is -0.485 e. The van der Waals surface area contributed by atoms with Gasteiger partial charge in [-0.25, -0.2) is 0 Å². The molecule has 2 heterocycles. The lowest BCUT2D eigenvalue weighted by atomic mass is 10.0. The van der Waals surface area contributed by atoms with Crippen LogP contribution in [0.15, 0.2) is 24.3 Å². The largest absolute Gasteiger partial charge is 0.485 e. The minimum absolute atomic E-state index is 0.151. The van der Waals surface area contributed by atoms with E-state index in [1.165, 1.54) is 4.90 Å². The third-order valence-corrected chi connectivity index (χ3v) is 4.52. The molecule has 1 aromatic carbocycles. The average molecular weight is 332 g/mol. The van der Waals surface area contributed by atoms with Crippen LogP contribution in [0.2, 0.25) is 0 Å². The number of nitrogens with zero attached hydrogens (tertiary/aromatic N) is 2. The summed E-state index contributed by atoms with van der Waals surface area (Å²) in [7, 11) is 0. The van der Waals surface area contributed by atoms with Crippen molar-refractivity contribution in [2.24, 2.45) is 0 Å². The smallest absolute Gasteiger partial charge is 0.307 e. The number of anilines is 1. The van der Waals surface area contributed by atoms with Gasteiger partial charge in [0.25, 0.3) is 0 Å². The van der Waals surface area contributed by atoms with E-state index in [2.05, 4.69) is 0 Å². The average Bonchev–Trinajstić information content (AvgIpc) is 2.86. The summed E-state index contributed by atoms with van der Waals surface area (Å²) in [4.78, 5) is 38.4. The molecule has 2 amide bonds. The van der Waals surface area contributed by atoms with Crippen LogP contribution in [0.25, 0.3) is 0 Å². The highest BCUT2D eigenvalue weighted by Gasteiger charge is 2.40. The predicted molar refractivity (Wildman–Crippen MR) is 85.9 cm³/mol. The van der Waals surface area contributed by atoms with E-state index in [0.717, 1.165) is 5.69 Å². The maximum Gasteiger partial charge on any atom is 0.307 e. The molecular weight excluding hydrogens is 312 g/mol. The summed E-state index contributed by atoms with van der Waals surface area (Å²) in [5.74, 6) is -0.756. The maximum absolute atomic E-state index is 12.0. The molecule has 3 rings (SSSR count). The Bertz CT molecular complexity index is 659. The van der Waals surface area contributed by atoms with Crippen molar-refractivity contribution in [3.8, 4) is 5.75 Å². The Balaban J connectivity index is 1.93. The van der Waals surface area contributed by atoms with Crippen LogP contribution in [0, 0.1) is 0 Å². The fourth-order valence-electron chi connectivity index (χ4n) is 3.40. The molecule has 24 heavy (non-hydrogen) atoms. The Morgan fingerprint density at radius 3 is 2.54 bits per heavy atom. The van der Waals surface area contributed by atoms with Gasteiger partial charge < -0.3 is 14.7 Å². The summed E-state index contributed by atoms with van der Waals surface area (Å²) in [5, 5.41) is 9.21. The van der Waals surface area contributed by atoms with Crippen LogP contribution in [0.4, 0.5) is 5.69 Å². The molecule has 7 heteroatoms. The predicted octanol–water partition coefficient (Wildman–Crippen LogP) is 1.27. The van der Waals surface area contributed by atoms with Crippen LogP contribution >= 0.6 is 0 Å². The van der Waals surface area contributed by atoms with Gasteiger partial charge in [-0.2, -0.15) is 0 Å². The van der Waals surface area contributed by atoms with Crippen LogP contribution < -0.4 is 9.64 Å². The molecule has 2 aliphatic rings. The number of carboxylic acid groups (broad SMARTS) is 1. The fraction of sp³-hybridized carbons (Fsp3) is 0.471. The lowest BCUT2D eigenvalue weighted by Gasteiger charge is -2.43. The number of likely N-dealkylation sites (N-methyl/N-ethyl adjacent to an activating group) is 1. The molecule has 0 aromatic heterocycles. The third kappa shape index (κ3) is 2.93. The molecule has 1 N–H and O–H groups in total. The first-order valence-electron chi connectivity index (χ1n) is 8.08. The van der Waals surface area contributed by atoms with E-state index < -0.39 is 12.1 Å². The van der Waals surface area contributed by atoms with E-state index in [4.69, 9.17) is 4.74 Å². The lowest BCUT2D eigenvalue weighted by Crippen LogP contribution is -2.56. The lowest BCUT2D eigenvalue weighted by molar-refractivity contribution is -0.139. The first-order chi connectivity index (χ1) is 11.5. The van der Waals surface area contributed by atoms with Crippen molar-refractivity contribution in [2.75, 3.05) is 18.0 Å². The molecule has 0 spiro atoms. The van der Waals surface area contributed by atoms with Crippen LogP contribution in [0.5, 0.6) is 5.75 Å². The number of benzene rings is 1. The van der Waals surface area contributed by atoms with Gasteiger partial charge in [0.1, 0.15) is 11.9 Å². The van der Waals surface area contributed by atoms with E-state index in [-0.39, 0.29) is 43.7 Å². The molecule has 128 valence electrons. The number of ether oxygens (including phenoxy) is 1. The first-order valence-corrected chi connectivity index (χ1v) is 8.08. The van der Waals surface area contributed by atoms with Gasteiger partial charge in [-0.1, -0.05) is 12.1 Å². The number of hydrogen-bond acceptors (Lipinski definition) is 5. The van der Waals surface area contributed by atoms with Crippen LogP contribution in [-0.2, 0) is 14.4 Å². The number of hydrogen-bond donors (Lipinski definition) is 1. The first kappa shape index (κ1) is 16.3. The second-order valence-electron chi connectivity index (χ2n) is 5.97. The van der Waals surface area contributed by atoms with E-state index in [1.807, 2.05) is 30.0 Å². The second kappa shape index (κ2) is 6.51. The van der Waals surface area contributed by atoms with Crippen LogP contribution in [-0.4, -0.2) is 53.0 Å². The van der Waals surface area contributed by atoms with E-state index in [9.17, 15) is 19.5 Å². The number of para-hydroxylation sites is 2. The van der Waals surface area contributed by atoms with Gasteiger partial charge in [0.2, 0.25) is 11.8 Å². The second-order valence-corrected chi connectivity index (χ2v) is 5.97. The Hall–Kier alpha value is -2.57. The van der Waals surface area contributed by atoms with Gasteiger partial charge in [0.05, 0.1) is 24.7 Å². The standard InChI is InChI=1S/C17H20N2O5/c1-2-18-11-5-3-4-6-13(11)24-14(9-17(22)23)12(18)10-19-15(20)7-8-16(19)21/h3-6,12,14H,2,7-10H2,1H3,(H,22,23). The van der Waals surface area contributed by atoms with Gasteiger partial charge in [-0.15, -0.1) is 0 Å². The highest BCUT2D eigenvalue weighted by atomic mass is 16.5. The molecule has 1 fully saturated rings. The highest BCUT2D eigenvalue weighted by molar-refractivity contribution is 6.02. The van der Waals surface area contributed by atoms with Gasteiger partial charge in [-0.05, 0) is 19.1 Å². The van der Waals surface area contributed by atoms with E-state index >= 15 is 0 Å². The third-order valence-electron chi connectivity index (χ3n) is 4.52. The zero-order valence-corrected chi connectivity index (χ0v) is 13.5. The van der Waals surface area contributed by atoms with Crippen molar-refractivity contribution in [3.63, 3.8) is 0 Å². The molecule has 0 aliphatic carbocycles. The molecule has 0 bridgehead atoms. The molecule has 0 saturated carbocycles. The van der Waals surface area contributed by atoms with Crippen molar-refractivity contribution in [3.05, 3.63) is 24.3 Å². The summed E-state index contributed by atoms with van der Waals surface area (Å²) < 4.78 is 5.90. The van der Waals surface area contributed by atoms with Gasteiger partial charge in [-0.3, -0.25) is 19.3 Å². The molecule has 7 nitrogen and oxygen atoms in total. The molecule has 2 unspecified atom stereocenters. The van der Waals surface area contributed by atoms with E-state index in [1.54, 1.807) is 6.07 Å². The van der Waals surface area contributed by atoms with Crippen LogP contribution in [0.1, 0.15) is 26.2 Å². The van der Waals surface area contributed by atoms with Crippen LogP contribution in [0.3, 0.4) is 0 Å². The highest BCUT2D eigenvalue weighted by Crippen LogP contribution is 2.37. The summed E-state index contributed by atoms with van der Waals surface area (Å²) in [5.41, 5.74) is 0.853. The molecule has 1 aromatic rings. The number of rotatable bonds is 5. The Labute approximate surface area is 139 Å². The summed E-state index contributed by atoms with van der Waals surface area (Å²) in [6.07, 6.45) is -0.373. The fourth-order valence-corrected chi connectivity index (χ4v) is 3.40. The van der Waals surface area contributed by atoms with Crippen molar-refractivity contribution in [2.45, 2.75) is 38.3 Å². The molecular formula is C17H20N2O5. The molecule has 0 radical (unpaired) electrons. The Morgan fingerprint density at radius 1 is 1.25 bits per heavy atom. The van der Waals surface area contributed by atoms with Crippen molar-refractivity contribution < 1.29 is 24.2 Å². The topological polar surface area (TPSA) is 87.2 Å². The normalized spacial score (nSPS) is 23.2. The van der Waals surface area contributed by atoms with Crippen molar-refractivity contribution >= 4 is 23.5 Å². The SMILES string of the molecule is CCN1c2ccccc2OC(CC(=O)O)C1CN1C(=O)CCC1=O. The quantitative estimate of drug-likeness (QED) is 0.817.